The molecule has 0 fully saturated rings. The quantitative estimate of drug-likeness (QED) is 0.641. The van der Waals surface area contributed by atoms with Gasteiger partial charge < -0.3 is 4.74 Å². The minimum absolute atomic E-state index is 0.0259. The largest absolute Gasteiger partial charge is 0.453 e. The summed E-state index contributed by atoms with van der Waals surface area (Å²) in [5, 5.41) is 0. The monoisotopic (exact) mass is 312 g/mol. The van der Waals surface area contributed by atoms with Crippen LogP contribution < -0.4 is 0 Å². The van der Waals surface area contributed by atoms with E-state index in [2.05, 4.69) is 30.7 Å². The zero-order chi connectivity index (χ0) is 17.0. The Morgan fingerprint density at radius 3 is 2.22 bits per heavy atom. The van der Waals surface area contributed by atoms with Crippen LogP contribution in [0.4, 0.5) is 0 Å². The van der Waals surface area contributed by atoms with Crippen LogP contribution in [0.3, 0.4) is 0 Å². The summed E-state index contributed by atoms with van der Waals surface area (Å²) in [6, 6.07) is 7.34. The van der Waals surface area contributed by atoms with Crippen molar-refractivity contribution in [3.8, 4) is 0 Å². The summed E-state index contributed by atoms with van der Waals surface area (Å²) in [7, 11) is 0. The molecule has 2 rings (SSSR count). The van der Waals surface area contributed by atoms with Crippen LogP contribution in [0.2, 0.25) is 0 Å². The SMILES string of the molecule is Cc1cnc(C(=O)OCC(=O)c2ccc(C(C)(C)C)cc2)cn1. The number of ether oxygens (including phenoxy) is 1. The molecule has 0 saturated heterocycles. The van der Waals surface area contributed by atoms with Gasteiger partial charge in [-0.05, 0) is 17.9 Å². The molecule has 0 spiro atoms. The molecular weight excluding hydrogens is 292 g/mol. The smallest absolute Gasteiger partial charge is 0.358 e. The molecule has 0 N–H and O–H groups in total. The van der Waals surface area contributed by atoms with Gasteiger partial charge in [-0.15, -0.1) is 0 Å². The van der Waals surface area contributed by atoms with Crippen molar-refractivity contribution in [1.82, 2.24) is 9.97 Å². The summed E-state index contributed by atoms with van der Waals surface area (Å²) in [4.78, 5) is 31.8. The lowest BCUT2D eigenvalue weighted by molar-refractivity contribution is 0.0468. The van der Waals surface area contributed by atoms with Crippen molar-refractivity contribution >= 4 is 11.8 Å². The molecule has 23 heavy (non-hydrogen) atoms. The first kappa shape index (κ1) is 16.8. The third-order valence-electron chi connectivity index (χ3n) is 3.40. The maximum atomic E-state index is 12.1. The highest BCUT2D eigenvalue weighted by Crippen LogP contribution is 2.22. The molecule has 1 aromatic heterocycles. The van der Waals surface area contributed by atoms with Crippen molar-refractivity contribution < 1.29 is 14.3 Å². The molecular formula is C18H20N2O3. The van der Waals surface area contributed by atoms with E-state index in [1.54, 1.807) is 19.1 Å². The second-order valence-electron chi connectivity index (χ2n) is 6.37. The summed E-state index contributed by atoms with van der Waals surface area (Å²) >= 11 is 0. The van der Waals surface area contributed by atoms with E-state index in [0.717, 1.165) is 5.56 Å². The molecule has 0 amide bonds. The first-order valence-electron chi connectivity index (χ1n) is 7.37. The van der Waals surface area contributed by atoms with Crippen LogP contribution in [0.5, 0.6) is 0 Å². The van der Waals surface area contributed by atoms with Crippen molar-refractivity contribution in [3.05, 3.63) is 59.2 Å². The van der Waals surface area contributed by atoms with Gasteiger partial charge in [0.05, 0.1) is 11.9 Å². The van der Waals surface area contributed by atoms with Gasteiger partial charge in [0.2, 0.25) is 0 Å². The normalized spacial score (nSPS) is 11.1. The number of aromatic nitrogens is 2. The molecule has 0 radical (unpaired) electrons. The molecule has 0 aliphatic rings. The lowest BCUT2D eigenvalue weighted by atomic mass is 9.86. The molecule has 5 heteroatoms. The maximum absolute atomic E-state index is 12.1. The Labute approximate surface area is 135 Å². The maximum Gasteiger partial charge on any atom is 0.358 e. The zero-order valence-corrected chi connectivity index (χ0v) is 13.8. The van der Waals surface area contributed by atoms with E-state index >= 15 is 0 Å². The standard InChI is InChI=1S/C18H20N2O3/c1-12-9-20-15(10-19-12)17(22)23-11-16(21)13-5-7-14(8-6-13)18(2,3)4/h5-10H,11H2,1-4H3. The number of Topliss-reactive ketones (excluding diaryl/α,β-unsaturated/α-hetero) is 1. The van der Waals surface area contributed by atoms with Gasteiger partial charge in [0.15, 0.2) is 18.1 Å². The molecule has 0 bridgehead atoms. The van der Waals surface area contributed by atoms with E-state index in [1.807, 2.05) is 12.1 Å². The summed E-state index contributed by atoms with van der Waals surface area (Å²) in [6.45, 7) is 7.77. The Hall–Kier alpha value is -2.56. The van der Waals surface area contributed by atoms with E-state index in [9.17, 15) is 9.59 Å². The first-order chi connectivity index (χ1) is 10.8. The third kappa shape index (κ3) is 4.45. The molecule has 0 aliphatic carbocycles. The minimum Gasteiger partial charge on any atom is -0.453 e. The minimum atomic E-state index is -0.655. The predicted molar refractivity (Wildman–Crippen MR) is 86.5 cm³/mol. The Kier molecular flexibility index (Phi) is 4.89. The number of rotatable bonds is 4. The Bertz CT molecular complexity index is 699. The van der Waals surface area contributed by atoms with E-state index in [1.165, 1.54) is 12.4 Å². The average Bonchev–Trinajstić information content (AvgIpc) is 2.52. The van der Waals surface area contributed by atoms with Crippen molar-refractivity contribution in [3.63, 3.8) is 0 Å². The number of ketones is 1. The molecule has 0 saturated carbocycles. The van der Waals surface area contributed by atoms with Crippen LogP contribution in [-0.2, 0) is 10.2 Å². The molecule has 0 unspecified atom stereocenters. The summed E-state index contributed by atoms with van der Waals surface area (Å²) in [5.41, 5.74) is 2.47. The summed E-state index contributed by atoms with van der Waals surface area (Å²) in [5.74, 6) is -0.906. The number of benzene rings is 1. The van der Waals surface area contributed by atoms with Gasteiger partial charge in [-0.25, -0.2) is 9.78 Å². The van der Waals surface area contributed by atoms with Crippen LogP contribution in [0.1, 0.15) is 52.9 Å². The zero-order valence-electron chi connectivity index (χ0n) is 13.8. The van der Waals surface area contributed by atoms with Crippen LogP contribution in [0, 0.1) is 6.92 Å². The Morgan fingerprint density at radius 1 is 1.04 bits per heavy atom. The highest BCUT2D eigenvalue weighted by molar-refractivity contribution is 5.99. The van der Waals surface area contributed by atoms with Gasteiger partial charge in [-0.3, -0.25) is 9.78 Å². The van der Waals surface area contributed by atoms with Crippen LogP contribution in [-0.4, -0.2) is 28.3 Å². The summed E-state index contributed by atoms with van der Waals surface area (Å²) < 4.78 is 4.99. The Balaban J connectivity index is 1.97. The number of hydrogen-bond acceptors (Lipinski definition) is 5. The van der Waals surface area contributed by atoms with Crippen molar-refractivity contribution in [1.29, 1.82) is 0 Å². The highest BCUT2D eigenvalue weighted by atomic mass is 16.5. The second-order valence-corrected chi connectivity index (χ2v) is 6.37. The number of carbonyl (C=O) groups is 2. The third-order valence-corrected chi connectivity index (χ3v) is 3.40. The average molecular weight is 312 g/mol. The molecule has 5 nitrogen and oxygen atoms in total. The fourth-order valence-corrected chi connectivity index (χ4v) is 1.94. The van der Waals surface area contributed by atoms with Crippen molar-refractivity contribution in [2.24, 2.45) is 0 Å². The fraction of sp³-hybridized carbons (Fsp3) is 0.333. The van der Waals surface area contributed by atoms with Crippen molar-refractivity contribution in [2.45, 2.75) is 33.1 Å². The van der Waals surface area contributed by atoms with Crippen LogP contribution >= 0.6 is 0 Å². The van der Waals surface area contributed by atoms with E-state index in [0.29, 0.717) is 11.3 Å². The van der Waals surface area contributed by atoms with E-state index in [4.69, 9.17) is 4.74 Å². The number of carbonyl (C=O) groups excluding carboxylic acids is 2. The topological polar surface area (TPSA) is 69.2 Å². The number of hydrogen-bond donors (Lipinski definition) is 0. The lowest BCUT2D eigenvalue weighted by Gasteiger charge is -2.18. The first-order valence-corrected chi connectivity index (χ1v) is 7.37. The van der Waals surface area contributed by atoms with Gasteiger partial charge in [-0.1, -0.05) is 45.0 Å². The van der Waals surface area contributed by atoms with Gasteiger partial charge in [0.1, 0.15) is 0 Å². The molecule has 0 aliphatic heterocycles. The van der Waals surface area contributed by atoms with Gasteiger partial charge in [-0.2, -0.15) is 0 Å². The van der Waals surface area contributed by atoms with Crippen LogP contribution in [0.25, 0.3) is 0 Å². The number of nitrogens with zero attached hydrogens (tertiary/aromatic N) is 2. The lowest BCUT2D eigenvalue weighted by Crippen LogP contribution is -2.16. The predicted octanol–water partition coefficient (Wildman–Crippen LogP) is 3.12. The molecule has 1 aromatic carbocycles. The number of aryl methyl sites for hydroxylation is 1. The van der Waals surface area contributed by atoms with Gasteiger partial charge in [0, 0.05) is 11.8 Å². The van der Waals surface area contributed by atoms with Crippen LogP contribution in [0.15, 0.2) is 36.7 Å². The second kappa shape index (κ2) is 6.69. The van der Waals surface area contributed by atoms with Gasteiger partial charge >= 0.3 is 5.97 Å². The fourth-order valence-electron chi connectivity index (χ4n) is 1.94. The molecule has 0 atom stereocenters. The highest BCUT2D eigenvalue weighted by Gasteiger charge is 2.16. The van der Waals surface area contributed by atoms with Crippen molar-refractivity contribution in [2.75, 3.05) is 6.61 Å². The van der Waals surface area contributed by atoms with E-state index in [-0.39, 0.29) is 23.5 Å². The summed E-state index contributed by atoms with van der Waals surface area (Å²) in [6.07, 6.45) is 2.81. The molecule has 1 heterocycles. The number of esters is 1. The Morgan fingerprint density at radius 2 is 1.70 bits per heavy atom. The van der Waals surface area contributed by atoms with Gasteiger partial charge in [0.25, 0.3) is 0 Å². The molecule has 2 aromatic rings. The molecule has 120 valence electrons. The van der Waals surface area contributed by atoms with E-state index < -0.39 is 5.97 Å².